The number of hydrogen-bond donors (Lipinski definition) is 1. The van der Waals surface area contributed by atoms with Crippen LogP contribution in [0.2, 0.25) is 5.02 Å². The minimum atomic E-state index is -4.08. The molecule has 1 amide bonds. The molecule has 180 valence electrons. The summed E-state index contributed by atoms with van der Waals surface area (Å²) in [5.74, 6) is -0.884. The molecule has 0 fully saturated rings. The number of rotatable bonds is 9. The quantitative estimate of drug-likeness (QED) is 0.338. The van der Waals surface area contributed by atoms with E-state index in [2.05, 4.69) is 15.3 Å². The van der Waals surface area contributed by atoms with Crippen LogP contribution in [0.15, 0.2) is 59.9 Å². The summed E-state index contributed by atoms with van der Waals surface area (Å²) in [5, 5.41) is 11.4. The normalized spacial score (nSPS) is 11.3. The number of allylic oxidation sites excluding steroid dienone is 1. The number of nitrogens with zero attached hydrogens (tertiary/aromatic N) is 3. The van der Waals surface area contributed by atoms with Gasteiger partial charge in [-0.3, -0.25) is 4.79 Å². The molecule has 0 saturated carbocycles. The number of carbonyl (C=O) groups excluding carboxylic acids is 1. The van der Waals surface area contributed by atoms with Crippen molar-refractivity contribution >= 4 is 33.4 Å². The smallest absolute Gasteiger partial charge is 0.250 e. The standard InChI is InChI=1S/C25H23ClN4O4S/c1-17-14-20(4-3-11-27)15-18(2)24(17)34-23-10-13-29-25(30-23)35(32,33)16-22(31)28-12-9-19-5-7-21(26)8-6-19/h3-8,10,13-15H,9,12,16H2,1-2H3,(H,28,31)/b4-3+. The lowest BCUT2D eigenvalue weighted by Crippen LogP contribution is -2.32. The first-order chi connectivity index (χ1) is 16.7. The number of ether oxygens (including phenoxy) is 1. The molecule has 0 saturated heterocycles. The minimum absolute atomic E-state index is 0.0354. The van der Waals surface area contributed by atoms with Gasteiger partial charge in [0, 0.05) is 29.9 Å². The lowest BCUT2D eigenvalue weighted by molar-refractivity contribution is -0.118. The number of hydrogen-bond acceptors (Lipinski definition) is 7. The molecular weight excluding hydrogens is 488 g/mol. The molecule has 1 aromatic heterocycles. The van der Waals surface area contributed by atoms with Gasteiger partial charge < -0.3 is 10.1 Å². The predicted octanol–water partition coefficient (Wildman–Crippen LogP) is 4.21. The van der Waals surface area contributed by atoms with Crippen LogP contribution >= 0.6 is 11.6 Å². The van der Waals surface area contributed by atoms with Crippen molar-refractivity contribution < 1.29 is 17.9 Å². The molecule has 0 bridgehead atoms. The zero-order chi connectivity index (χ0) is 25.4. The van der Waals surface area contributed by atoms with E-state index >= 15 is 0 Å². The van der Waals surface area contributed by atoms with Crippen molar-refractivity contribution in [1.82, 2.24) is 15.3 Å². The fourth-order valence-electron chi connectivity index (χ4n) is 3.30. The second-order valence-corrected chi connectivity index (χ2v) is 10.0. The molecule has 0 atom stereocenters. The van der Waals surface area contributed by atoms with Gasteiger partial charge in [-0.1, -0.05) is 23.7 Å². The number of amides is 1. The third-order valence-electron chi connectivity index (χ3n) is 4.90. The molecule has 0 aliphatic rings. The minimum Gasteiger partial charge on any atom is -0.438 e. The van der Waals surface area contributed by atoms with Crippen molar-refractivity contribution in [1.29, 1.82) is 5.26 Å². The van der Waals surface area contributed by atoms with Crippen LogP contribution < -0.4 is 10.1 Å². The zero-order valence-electron chi connectivity index (χ0n) is 19.2. The molecule has 0 spiro atoms. The Morgan fingerprint density at radius 3 is 2.51 bits per heavy atom. The number of nitriles is 1. The molecule has 35 heavy (non-hydrogen) atoms. The highest BCUT2D eigenvalue weighted by Crippen LogP contribution is 2.29. The van der Waals surface area contributed by atoms with Crippen molar-refractivity contribution in [2.75, 3.05) is 12.3 Å². The van der Waals surface area contributed by atoms with Gasteiger partial charge in [0.1, 0.15) is 11.5 Å². The van der Waals surface area contributed by atoms with Crippen LogP contribution in [0, 0.1) is 25.2 Å². The molecule has 1 heterocycles. The van der Waals surface area contributed by atoms with Crippen molar-refractivity contribution in [2.24, 2.45) is 0 Å². The van der Waals surface area contributed by atoms with Crippen LogP contribution in [0.25, 0.3) is 6.08 Å². The van der Waals surface area contributed by atoms with E-state index < -0.39 is 26.7 Å². The number of benzene rings is 2. The maximum Gasteiger partial charge on any atom is 0.250 e. The fourth-order valence-corrected chi connectivity index (χ4v) is 4.45. The van der Waals surface area contributed by atoms with E-state index in [9.17, 15) is 13.2 Å². The first-order valence-electron chi connectivity index (χ1n) is 10.6. The van der Waals surface area contributed by atoms with E-state index in [1.54, 1.807) is 18.2 Å². The Morgan fingerprint density at radius 1 is 1.17 bits per heavy atom. The largest absolute Gasteiger partial charge is 0.438 e. The van der Waals surface area contributed by atoms with E-state index in [-0.39, 0.29) is 12.4 Å². The fraction of sp³-hybridized carbons (Fsp3) is 0.200. The molecule has 3 rings (SSSR count). The van der Waals surface area contributed by atoms with E-state index in [1.807, 2.05) is 44.2 Å². The maximum atomic E-state index is 12.7. The van der Waals surface area contributed by atoms with E-state index in [1.165, 1.54) is 18.3 Å². The summed E-state index contributed by atoms with van der Waals surface area (Å²) in [4.78, 5) is 20.1. The molecule has 10 heteroatoms. The van der Waals surface area contributed by atoms with Crippen LogP contribution in [0.3, 0.4) is 0 Å². The van der Waals surface area contributed by atoms with Crippen molar-refractivity contribution in [3.8, 4) is 17.7 Å². The Balaban J connectivity index is 1.66. The first kappa shape index (κ1) is 25.9. The molecule has 0 aliphatic carbocycles. The molecule has 0 radical (unpaired) electrons. The first-order valence-corrected chi connectivity index (χ1v) is 12.6. The predicted molar refractivity (Wildman–Crippen MR) is 133 cm³/mol. The third-order valence-corrected chi connectivity index (χ3v) is 6.54. The molecule has 3 aromatic rings. The summed E-state index contributed by atoms with van der Waals surface area (Å²) in [6.07, 6.45) is 4.86. The van der Waals surface area contributed by atoms with E-state index in [0.29, 0.717) is 17.2 Å². The Bertz CT molecular complexity index is 1370. The third kappa shape index (κ3) is 7.37. The molecule has 8 nitrogen and oxygen atoms in total. The van der Waals surface area contributed by atoms with Gasteiger partial charge in [-0.2, -0.15) is 10.2 Å². The average Bonchev–Trinajstić information content (AvgIpc) is 2.81. The zero-order valence-corrected chi connectivity index (χ0v) is 20.7. The number of nitrogens with one attached hydrogen (secondary N) is 1. The lowest BCUT2D eigenvalue weighted by atomic mass is 10.1. The van der Waals surface area contributed by atoms with Gasteiger partial charge >= 0.3 is 0 Å². The summed E-state index contributed by atoms with van der Waals surface area (Å²) in [5.41, 5.74) is 3.36. The van der Waals surface area contributed by atoms with Gasteiger partial charge in [-0.15, -0.1) is 0 Å². The van der Waals surface area contributed by atoms with Crippen LogP contribution in [-0.2, 0) is 21.1 Å². The number of sulfone groups is 1. The SMILES string of the molecule is Cc1cc(/C=C/C#N)cc(C)c1Oc1ccnc(S(=O)(=O)CC(=O)NCCc2ccc(Cl)cc2)n1. The van der Waals surface area contributed by atoms with Crippen molar-refractivity contribution in [2.45, 2.75) is 25.4 Å². The molecule has 1 N–H and O–H groups in total. The lowest BCUT2D eigenvalue weighted by Gasteiger charge is -2.12. The van der Waals surface area contributed by atoms with Gasteiger partial charge in [-0.05, 0) is 72.9 Å². The summed E-state index contributed by atoms with van der Waals surface area (Å²) in [6.45, 7) is 3.94. The van der Waals surface area contributed by atoms with Gasteiger partial charge in [0.05, 0.1) is 6.07 Å². The molecule has 2 aromatic carbocycles. The Morgan fingerprint density at radius 2 is 1.86 bits per heavy atom. The molecule has 0 aliphatic heterocycles. The van der Waals surface area contributed by atoms with Crippen LogP contribution in [0.1, 0.15) is 22.3 Å². The van der Waals surface area contributed by atoms with Crippen molar-refractivity contribution in [3.63, 3.8) is 0 Å². The van der Waals surface area contributed by atoms with Gasteiger partial charge in [0.15, 0.2) is 0 Å². The second-order valence-electron chi connectivity index (χ2n) is 7.71. The Kier molecular flexibility index (Phi) is 8.58. The molecule has 0 unspecified atom stereocenters. The summed E-state index contributed by atoms with van der Waals surface area (Å²) in [6, 6.07) is 14.2. The Labute approximate surface area is 209 Å². The van der Waals surface area contributed by atoms with Gasteiger partial charge in [0.25, 0.3) is 5.16 Å². The number of aromatic nitrogens is 2. The van der Waals surface area contributed by atoms with E-state index in [0.717, 1.165) is 22.3 Å². The topological polar surface area (TPSA) is 122 Å². The summed E-state index contributed by atoms with van der Waals surface area (Å²) in [7, 11) is -4.08. The monoisotopic (exact) mass is 510 g/mol. The molecular formula is C25H23ClN4O4S. The summed E-state index contributed by atoms with van der Waals surface area (Å²) >= 11 is 5.85. The number of carbonyl (C=O) groups is 1. The highest BCUT2D eigenvalue weighted by molar-refractivity contribution is 7.91. The van der Waals surface area contributed by atoms with Crippen LogP contribution in [-0.4, -0.2) is 36.6 Å². The van der Waals surface area contributed by atoms with Crippen molar-refractivity contribution in [3.05, 3.63) is 82.0 Å². The van der Waals surface area contributed by atoms with Gasteiger partial charge in [0.2, 0.25) is 21.6 Å². The Hall–Kier alpha value is -3.74. The highest BCUT2D eigenvalue weighted by Gasteiger charge is 2.23. The number of halogens is 1. The number of aryl methyl sites for hydroxylation is 2. The van der Waals surface area contributed by atoms with Crippen LogP contribution in [0.4, 0.5) is 0 Å². The second kappa shape index (κ2) is 11.6. The summed E-state index contributed by atoms with van der Waals surface area (Å²) < 4.78 is 31.3. The average molecular weight is 511 g/mol. The maximum absolute atomic E-state index is 12.7. The van der Waals surface area contributed by atoms with Crippen LogP contribution in [0.5, 0.6) is 11.6 Å². The highest BCUT2D eigenvalue weighted by atomic mass is 35.5. The van der Waals surface area contributed by atoms with E-state index in [4.69, 9.17) is 21.6 Å². The van der Waals surface area contributed by atoms with Gasteiger partial charge in [-0.25, -0.2) is 13.4 Å².